The second kappa shape index (κ2) is 8.13. The lowest BCUT2D eigenvalue weighted by molar-refractivity contribution is 0.104. The zero-order chi connectivity index (χ0) is 14.4. The Morgan fingerprint density at radius 2 is 2.25 bits per heavy atom. The number of aliphatic hydroxyl groups excluding tert-OH is 1. The summed E-state index contributed by atoms with van der Waals surface area (Å²) in [4.78, 5) is 0. The molecule has 2 N–H and O–H groups in total. The highest BCUT2D eigenvalue weighted by molar-refractivity contribution is 7.99. The van der Waals surface area contributed by atoms with Crippen LogP contribution in [0.2, 0.25) is 5.02 Å². The number of rotatable bonds is 7. The summed E-state index contributed by atoms with van der Waals surface area (Å²) in [5.74, 6) is 0.621. The molecule has 1 aromatic rings. The molecule has 1 fully saturated rings. The molecule has 3 unspecified atom stereocenters. The summed E-state index contributed by atoms with van der Waals surface area (Å²) in [5, 5.41) is 14.7. The Kier molecular flexibility index (Phi) is 6.49. The number of aliphatic hydroxyl groups is 1. The molecular weight excluding hydrogens is 294 g/mol. The van der Waals surface area contributed by atoms with Crippen molar-refractivity contribution in [3.8, 4) is 5.75 Å². The summed E-state index contributed by atoms with van der Waals surface area (Å²) in [6.07, 6.45) is 5.38. The Balaban J connectivity index is 1.70. The second-order valence-corrected chi connectivity index (χ2v) is 6.60. The van der Waals surface area contributed by atoms with E-state index in [0.717, 1.165) is 0 Å². The molecule has 1 saturated carbocycles. The fourth-order valence-electron chi connectivity index (χ4n) is 2.54. The van der Waals surface area contributed by atoms with Crippen molar-refractivity contribution in [2.24, 2.45) is 0 Å². The number of nitrogens with one attached hydrogen (secondary N) is 1. The average Bonchev–Trinajstić information content (AvgIpc) is 2.91. The second-order valence-electron chi connectivity index (χ2n) is 5.12. The number of halogens is 1. The lowest BCUT2D eigenvalue weighted by Gasteiger charge is -2.21. The lowest BCUT2D eigenvalue weighted by Crippen LogP contribution is -2.40. The third-order valence-corrected chi connectivity index (χ3v) is 5.12. The summed E-state index contributed by atoms with van der Waals surface area (Å²) in [6, 6.07) is 7.83. The summed E-state index contributed by atoms with van der Waals surface area (Å²) in [7, 11) is 0. The smallest absolute Gasteiger partial charge is 0.138 e. The number of hydrogen-bond acceptors (Lipinski definition) is 4. The molecule has 0 amide bonds. The fourth-order valence-corrected chi connectivity index (χ4v) is 3.69. The molecule has 1 aromatic carbocycles. The van der Waals surface area contributed by atoms with Gasteiger partial charge in [0.05, 0.1) is 5.02 Å². The Hall–Kier alpha value is -0.420. The van der Waals surface area contributed by atoms with Crippen molar-refractivity contribution in [2.45, 2.75) is 36.7 Å². The molecule has 2 rings (SSSR count). The molecular formula is C15H22ClNO2S. The summed E-state index contributed by atoms with van der Waals surface area (Å²) < 4.78 is 5.54. The van der Waals surface area contributed by atoms with Gasteiger partial charge in [0.25, 0.3) is 0 Å². The summed E-state index contributed by atoms with van der Waals surface area (Å²) in [6.45, 7) is 0.819. The van der Waals surface area contributed by atoms with Gasteiger partial charge in [0.1, 0.15) is 18.5 Å². The van der Waals surface area contributed by atoms with Gasteiger partial charge >= 0.3 is 0 Å². The van der Waals surface area contributed by atoms with Gasteiger partial charge in [-0.2, -0.15) is 11.8 Å². The monoisotopic (exact) mass is 315 g/mol. The van der Waals surface area contributed by atoms with E-state index in [0.29, 0.717) is 28.6 Å². The van der Waals surface area contributed by atoms with Crippen LogP contribution in [-0.2, 0) is 0 Å². The topological polar surface area (TPSA) is 41.5 Å². The van der Waals surface area contributed by atoms with Crippen molar-refractivity contribution in [1.29, 1.82) is 0 Å². The SMILES string of the molecule is CSC1CCCC1NCC(O)COc1ccccc1Cl. The standard InChI is InChI=1S/C15H22ClNO2S/c1-20-15-8-4-6-13(15)17-9-11(18)10-19-14-7-3-2-5-12(14)16/h2-3,5,7,11,13,15,17-18H,4,6,8-10H2,1H3. The van der Waals surface area contributed by atoms with E-state index in [1.807, 2.05) is 30.0 Å². The molecule has 1 aliphatic rings. The van der Waals surface area contributed by atoms with E-state index in [-0.39, 0.29) is 6.61 Å². The molecule has 5 heteroatoms. The first-order valence-electron chi connectivity index (χ1n) is 7.02. The molecule has 0 spiro atoms. The minimum atomic E-state index is -0.519. The van der Waals surface area contributed by atoms with Gasteiger partial charge in [-0.3, -0.25) is 0 Å². The van der Waals surface area contributed by atoms with E-state index in [1.54, 1.807) is 6.07 Å². The van der Waals surface area contributed by atoms with Crippen LogP contribution in [-0.4, -0.2) is 41.9 Å². The van der Waals surface area contributed by atoms with Crippen molar-refractivity contribution in [2.75, 3.05) is 19.4 Å². The van der Waals surface area contributed by atoms with Gasteiger partial charge in [-0.25, -0.2) is 0 Å². The van der Waals surface area contributed by atoms with E-state index in [4.69, 9.17) is 16.3 Å². The quantitative estimate of drug-likeness (QED) is 0.812. The highest BCUT2D eigenvalue weighted by Gasteiger charge is 2.26. The molecule has 3 atom stereocenters. The Morgan fingerprint density at radius 3 is 3.00 bits per heavy atom. The molecule has 0 aromatic heterocycles. The molecule has 0 aliphatic heterocycles. The first-order valence-corrected chi connectivity index (χ1v) is 8.69. The van der Waals surface area contributed by atoms with Crippen LogP contribution in [0.15, 0.2) is 24.3 Å². The van der Waals surface area contributed by atoms with Gasteiger partial charge in [-0.15, -0.1) is 0 Å². The Bertz CT molecular complexity index is 419. The zero-order valence-corrected chi connectivity index (χ0v) is 13.3. The molecule has 0 radical (unpaired) electrons. The third-order valence-electron chi connectivity index (χ3n) is 3.64. The number of benzene rings is 1. The fraction of sp³-hybridized carbons (Fsp3) is 0.600. The van der Waals surface area contributed by atoms with Gasteiger partial charge in [0.15, 0.2) is 0 Å². The van der Waals surface area contributed by atoms with Crippen LogP contribution >= 0.6 is 23.4 Å². The largest absolute Gasteiger partial charge is 0.489 e. The summed E-state index contributed by atoms with van der Waals surface area (Å²) >= 11 is 7.91. The van der Waals surface area contributed by atoms with Gasteiger partial charge in [-0.05, 0) is 31.2 Å². The van der Waals surface area contributed by atoms with Crippen LogP contribution < -0.4 is 10.1 Å². The normalized spacial score (nSPS) is 23.8. The highest BCUT2D eigenvalue weighted by atomic mass is 35.5. The van der Waals surface area contributed by atoms with Gasteiger partial charge in [-0.1, -0.05) is 30.2 Å². The molecule has 1 aliphatic carbocycles. The van der Waals surface area contributed by atoms with Crippen molar-refractivity contribution in [3.63, 3.8) is 0 Å². The van der Waals surface area contributed by atoms with Crippen LogP contribution in [0.5, 0.6) is 5.75 Å². The van der Waals surface area contributed by atoms with Gasteiger partial charge in [0, 0.05) is 17.8 Å². The number of hydrogen-bond donors (Lipinski definition) is 2. The average molecular weight is 316 g/mol. The van der Waals surface area contributed by atoms with Crippen LogP contribution in [0, 0.1) is 0 Å². The lowest BCUT2D eigenvalue weighted by atomic mass is 10.2. The predicted molar refractivity (Wildman–Crippen MR) is 85.9 cm³/mol. The molecule has 20 heavy (non-hydrogen) atoms. The third kappa shape index (κ3) is 4.55. The van der Waals surface area contributed by atoms with E-state index in [9.17, 15) is 5.11 Å². The first kappa shape index (κ1) is 16.0. The molecule has 3 nitrogen and oxygen atoms in total. The summed E-state index contributed by atoms with van der Waals surface area (Å²) in [5.41, 5.74) is 0. The molecule has 0 heterocycles. The Morgan fingerprint density at radius 1 is 1.45 bits per heavy atom. The maximum absolute atomic E-state index is 9.98. The maximum atomic E-state index is 9.98. The van der Waals surface area contributed by atoms with Crippen molar-refractivity contribution < 1.29 is 9.84 Å². The van der Waals surface area contributed by atoms with E-state index < -0.39 is 6.10 Å². The minimum absolute atomic E-state index is 0.257. The predicted octanol–water partition coefficient (Wildman–Crippen LogP) is 2.95. The number of thioether (sulfide) groups is 1. The number of ether oxygens (including phenoxy) is 1. The molecule has 112 valence electrons. The maximum Gasteiger partial charge on any atom is 0.138 e. The van der Waals surface area contributed by atoms with Crippen molar-refractivity contribution in [1.82, 2.24) is 5.32 Å². The molecule has 0 saturated heterocycles. The van der Waals surface area contributed by atoms with Gasteiger partial charge in [0.2, 0.25) is 0 Å². The van der Waals surface area contributed by atoms with Crippen molar-refractivity contribution >= 4 is 23.4 Å². The Labute approximate surface area is 130 Å². The first-order chi connectivity index (χ1) is 9.70. The highest BCUT2D eigenvalue weighted by Crippen LogP contribution is 2.28. The molecule has 0 bridgehead atoms. The number of para-hydroxylation sites is 1. The van der Waals surface area contributed by atoms with E-state index in [1.165, 1.54) is 19.3 Å². The van der Waals surface area contributed by atoms with Crippen molar-refractivity contribution in [3.05, 3.63) is 29.3 Å². The van der Waals surface area contributed by atoms with E-state index >= 15 is 0 Å². The van der Waals surface area contributed by atoms with Crippen LogP contribution in [0.25, 0.3) is 0 Å². The zero-order valence-electron chi connectivity index (χ0n) is 11.7. The van der Waals surface area contributed by atoms with E-state index in [2.05, 4.69) is 11.6 Å². The van der Waals surface area contributed by atoms with Crippen LogP contribution in [0.3, 0.4) is 0 Å². The van der Waals surface area contributed by atoms with Crippen LogP contribution in [0.4, 0.5) is 0 Å². The minimum Gasteiger partial charge on any atom is -0.489 e. The van der Waals surface area contributed by atoms with Crippen LogP contribution in [0.1, 0.15) is 19.3 Å². The van der Waals surface area contributed by atoms with Gasteiger partial charge < -0.3 is 15.2 Å².